The topological polar surface area (TPSA) is 71.0 Å². The van der Waals surface area contributed by atoms with E-state index in [2.05, 4.69) is 21.2 Å². The van der Waals surface area contributed by atoms with E-state index >= 15 is 0 Å². The van der Waals surface area contributed by atoms with Crippen molar-refractivity contribution < 1.29 is 19.4 Å². The summed E-state index contributed by atoms with van der Waals surface area (Å²) in [5.74, 6) is 0.710. The number of amides is 1. The van der Waals surface area contributed by atoms with Gasteiger partial charge in [-0.05, 0) is 76.2 Å². The number of halogens is 1. The predicted octanol–water partition coefficient (Wildman–Crippen LogP) is 3.43. The largest absolute Gasteiger partial charge is 0.503 e. The van der Waals surface area contributed by atoms with E-state index < -0.39 is 0 Å². The van der Waals surface area contributed by atoms with Crippen molar-refractivity contribution in [2.45, 2.75) is 0 Å². The lowest BCUT2D eigenvalue weighted by molar-refractivity contribution is -0.113. The maximum absolute atomic E-state index is 12.8. The van der Waals surface area contributed by atoms with E-state index in [4.69, 9.17) is 21.7 Å². The molecule has 2 aromatic rings. The lowest BCUT2D eigenvalue weighted by atomic mass is 10.1. The molecule has 1 heterocycles. The van der Waals surface area contributed by atoms with Crippen molar-refractivity contribution in [1.29, 1.82) is 0 Å². The monoisotopic (exact) mass is 434 g/mol. The van der Waals surface area contributed by atoms with Crippen molar-refractivity contribution in [2.24, 2.45) is 0 Å². The maximum atomic E-state index is 12.8. The molecule has 0 unspecified atom stereocenters. The quantitative estimate of drug-likeness (QED) is 0.567. The summed E-state index contributed by atoms with van der Waals surface area (Å²) in [7, 11) is 3.03. The second-order valence-electron chi connectivity index (χ2n) is 5.38. The number of aromatic hydroxyl groups is 1. The summed E-state index contributed by atoms with van der Waals surface area (Å²) in [4.78, 5) is 14.2. The molecule has 0 atom stereocenters. The molecular formula is C18H15BrN2O4S. The molecule has 1 amide bonds. The SMILES string of the molecule is COc1ccc(N2C(=O)/C(=C\c3cc(Br)c(O)c(OC)c3)NC2=S)cc1. The molecule has 1 aliphatic heterocycles. The van der Waals surface area contributed by atoms with Crippen LogP contribution in [0, 0.1) is 0 Å². The number of hydrogen-bond acceptors (Lipinski definition) is 5. The molecule has 2 N–H and O–H groups in total. The minimum absolute atomic E-state index is 0.00395. The highest BCUT2D eigenvalue weighted by Gasteiger charge is 2.32. The van der Waals surface area contributed by atoms with Crippen LogP contribution in [0.15, 0.2) is 46.6 Å². The van der Waals surface area contributed by atoms with Crippen LogP contribution < -0.4 is 19.7 Å². The van der Waals surface area contributed by atoms with Gasteiger partial charge in [-0.25, -0.2) is 0 Å². The number of hydrogen-bond donors (Lipinski definition) is 2. The van der Waals surface area contributed by atoms with Crippen LogP contribution in [-0.4, -0.2) is 30.3 Å². The van der Waals surface area contributed by atoms with Crippen molar-refractivity contribution in [3.8, 4) is 17.2 Å². The minimum atomic E-state index is -0.275. The number of rotatable bonds is 4. The first kappa shape index (κ1) is 18.2. The van der Waals surface area contributed by atoms with Gasteiger partial charge in [-0.15, -0.1) is 0 Å². The Balaban J connectivity index is 1.93. The summed E-state index contributed by atoms with van der Waals surface area (Å²) in [6.07, 6.45) is 1.64. The second kappa shape index (κ2) is 7.35. The third kappa shape index (κ3) is 3.38. The number of nitrogens with one attached hydrogen (secondary N) is 1. The number of nitrogens with zero attached hydrogens (tertiary/aromatic N) is 1. The zero-order valence-corrected chi connectivity index (χ0v) is 16.3. The second-order valence-corrected chi connectivity index (χ2v) is 6.62. The van der Waals surface area contributed by atoms with Crippen molar-refractivity contribution in [1.82, 2.24) is 5.32 Å². The first-order chi connectivity index (χ1) is 12.4. The van der Waals surface area contributed by atoms with Crippen molar-refractivity contribution >= 4 is 50.9 Å². The van der Waals surface area contributed by atoms with Crippen LogP contribution in [0.25, 0.3) is 6.08 Å². The summed E-state index contributed by atoms with van der Waals surface area (Å²) in [5.41, 5.74) is 1.63. The minimum Gasteiger partial charge on any atom is -0.503 e. The normalized spacial score (nSPS) is 15.3. The molecule has 26 heavy (non-hydrogen) atoms. The fourth-order valence-corrected chi connectivity index (χ4v) is 3.26. The number of phenols is 1. The van der Waals surface area contributed by atoms with Crippen LogP contribution in [0.1, 0.15) is 5.56 Å². The van der Waals surface area contributed by atoms with Gasteiger partial charge in [-0.3, -0.25) is 9.69 Å². The molecule has 8 heteroatoms. The molecule has 0 bridgehead atoms. The van der Waals surface area contributed by atoms with Gasteiger partial charge >= 0.3 is 0 Å². The number of carbonyl (C=O) groups is 1. The van der Waals surface area contributed by atoms with E-state index in [0.717, 1.165) is 0 Å². The molecule has 0 radical (unpaired) electrons. The molecule has 3 rings (SSSR count). The van der Waals surface area contributed by atoms with Crippen LogP contribution in [0.3, 0.4) is 0 Å². The van der Waals surface area contributed by atoms with Crippen LogP contribution in [-0.2, 0) is 4.79 Å². The number of thiocarbonyl (C=S) groups is 1. The Hall–Kier alpha value is -2.58. The van der Waals surface area contributed by atoms with E-state index in [1.54, 1.807) is 49.6 Å². The third-order valence-corrected chi connectivity index (χ3v) is 4.68. The summed E-state index contributed by atoms with van der Waals surface area (Å²) < 4.78 is 10.7. The highest BCUT2D eigenvalue weighted by Crippen LogP contribution is 2.36. The Morgan fingerprint density at radius 2 is 1.88 bits per heavy atom. The lowest BCUT2D eigenvalue weighted by Crippen LogP contribution is -2.30. The fourth-order valence-electron chi connectivity index (χ4n) is 2.50. The molecule has 1 saturated heterocycles. The van der Waals surface area contributed by atoms with Crippen LogP contribution in [0.2, 0.25) is 0 Å². The Morgan fingerprint density at radius 1 is 1.19 bits per heavy atom. The summed E-state index contributed by atoms with van der Waals surface area (Å²) in [6, 6.07) is 10.3. The van der Waals surface area contributed by atoms with Crippen LogP contribution >= 0.6 is 28.1 Å². The molecule has 1 fully saturated rings. The van der Waals surface area contributed by atoms with E-state index in [-0.39, 0.29) is 16.8 Å². The van der Waals surface area contributed by atoms with Gasteiger partial charge in [0.05, 0.1) is 24.4 Å². The van der Waals surface area contributed by atoms with Crippen LogP contribution in [0.5, 0.6) is 17.2 Å². The molecule has 2 aromatic carbocycles. The predicted molar refractivity (Wildman–Crippen MR) is 107 cm³/mol. The van der Waals surface area contributed by atoms with Crippen molar-refractivity contribution in [3.05, 3.63) is 52.1 Å². The van der Waals surface area contributed by atoms with E-state index in [9.17, 15) is 9.90 Å². The molecule has 134 valence electrons. The van der Waals surface area contributed by atoms with Gasteiger partial charge in [0.15, 0.2) is 16.6 Å². The number of methoxy groups -OCH3 is 2. The molecule has 1 aliphatic rings. The standard InChI is InChI=1S/C18H15BrN2O4S/c1-24-12-5-3-11(4-6-12)21-17(23)14(20-18(21)26)8-10-7-13(19)16(22)15(9-10)25-2/h3-9,22H,1-2H3,(H,20,26)/b14-8+. The van der Waals surface area contributed by atoms with Crippen molar-refractivity contribution in [3.63, 3.8) is 0 Å². The van der Waals surface area contributed by atoms with Gasteiger partial charge in [0.25, 0.3) is 5.91 Å². The van der Waals surface area contributed by atoms with Gasteiger partial charge in [0.1, 0.15) is 11.4 Å². The molecule has 0 aromatic heterocycles. The average Bonchev–Trinajstić information content (AvgIpc) is 2.91. The maximum Gasteiger partial charge on any atom is 0.281 e. The Bertz CT molecular complexity index is 912. The molecule has 6 nitrogen and oxygen atoms in total. The zero-order chi connectivity index (χ0) is 18.8. The first-order valence-electron chi connectivity index (χ1n) is 7.52. The Morgan fingerprint density at radius 3 is 2.50 bits per heavy atom. The number of carbonyl (C=O) groups excluding carboxylic acids is 1. The third-order valence-electron chi connectivity index (χ3n) is 3.79. The number of phenolic OH excluding ortho intramolecular Hbond substituents is 1. The van der Waals surface area contributed by atoms with Crippen LogP contribution in [0.4, 0.5) is 5.69 Å². The van der Waals surface area contributed by atoms with Gasteiger partial charge < -0.3 is 19.9 Å². The molecule has 0 saturated carbocycles. The van der Waals surface area contributed by atoms with Gasteiger partial charge in [-0.2, -0.15) is 0 Å². The summed E-state index contributed by atoms with van der Waals surface area (Å²) >= 11 is 8.56. The smallest absolute Gasteiger partial charge is 0.281 e. The summed E-state index contributed by atoms with van der Waals surface area (Å²) in [5, 5.41) is 13.1. The number of anilines is 1. The summed E-state index contributed by atoms with van der Waals surface area (Å²) in [6.45, 7) is 0. The van der Waals surface area contributed by atoms with Crippen molar-refractivity contribution in [2.75, 3.05) is 19.1 Å². The fraction of sp³-hybridized carbons (Fsp3) is 0.111. The number of ether oxygens (including phenoxy) is 2. The van der Waals surface area contributed by atoms with E-state index in [1.165, 1.54) is 12.0 Å². The Kier molecular flexibility index (Phi) is 5.15. The molecule has 0 aliphatic carbocycles. The molecule has 0 spiro atoms. The van der Waals surface area contributed by atoms with E-state index in [0.29, 0.717) is 32.9 Å². The highest BCUT2D eigenvalue weighted by molar-refractivity contribution is 9.10. The number of benzene rings is 2. The average molecular weight is 435 g/mol. The lowest BCUT2D eigenvalue weighted by Gasteiger charge is -2.14. The highest BCUT2D eigenvalue weighted by atomic mass is 79.9. The van der Waals surface area contributed by atoms with Gasteiger partial charge in [-0.1, -0.05) is 0 Å². The zero-order valence-electron chi connectivity index (χ0n) is 13.9. The van der Waals surface area contributed by atoms with Gasteiger partial charge in [0, 0.05) is 0 Å². The van der Waals surface area contributed by atoms with Gasteiger partial charge in [0.2, 0.25) is 0 Å². The first-order valence-corrected chi connectivity index (χ1v) is 8.72. The van der Waals surface area contributed by atoms with E-state index in [1.807, 2.05) is 0 Å². The molecular weight excluding hydrogens is 420 g/mol. The Labute approximate surface area is 164 Å².